The topological polar surface area (TPSA) is 81.4 Å². The van der Waals surface area contributed by atoms with Crippen molar-refractivity contribution in [2.45, 2.75) is 25.1 Å². The minimum absolute atomic E-state index is 0.138. The van der Waals surface area contributed by atoms with Crippen molar-refractivity contribution in [2.75, 3.05) is 19.5 Å². The largest absolute Gasteiger partial charge is 0.493 e. The lowest BCUT2D eigenvalue weighted by atomic mass is 10.1. The standard InChI is InChI=1S/C26H24N4O3S/c1-32-22-11-19-20(12-23(22)33-2)30(14-27-19)13-15-7-8-18-24(9-15)34-26(28-18)29-25-17-6-4-3-5-16(17)10-21(25)31/h3-9,11-12,14,21,25,31H,10,13H2,1-2H3,(H,28,29). The van der Waals surface area contributed by atoms with Crippen molar-refractivity contribution >= 4 is 37.7 Å². The molecular formula is C26H24N4O3S. The number of ether oxygens (including phenoxy) is 2. The molecule has 6 rings (SSSR count). The number of anilines is 1. The zero-order valence-corrected chi connectivity index (χ0v) is 19.7. The number of rotatable bonds is 6. The Kier molecular flexibility index (Phi) is 5.12. The Balaban J connectivity index is 1.27. The fourth-order valence-electron chi connectivity index (χ4n) is 4.72. The molecule has 0 amide bonds. The molecule has 0 fully saturated rings. The molecule has 0 aliphatic heterocycles. The number of thiazole rings is 1. The van der Waals surface area contributed by atoms with Gasteiger partial charge in [-0.3, -0.25) is 0 Å². The lowest BCUT2D eigenvalue weighted by Crippen LogP contribution is -2.20. The second kappa shape index (κ2) is 8.30. The lowest BCUT2D eigenvalue weighted by molar-refractivity contribution is 0.166. The van der Waals surface area contributed by atoms with E-state index in [1.165, 1.54) is 5.56 Å². The van der Waals surface area contributed by atoms with Crippen LogP contribution in [0.2, 0.25) is 0 Å². The van der Waals surface area contributed by atoms with Crippen molar-refractivity contribution in [1.29, 1.82) is 0 Å². The Bertz CT molecular complexity index is 1510. The molecule has 2 atom stereocenters. The molecule has 5 aromatic rings. The molecule has 3 aromatic carbocycles. The maximum Gasteiger partial charge on any atom is 0.184 e. The lowest BCUT2D eigenvalue weighted by Gasteiger charge is -2.16. The smallest absolute Gasteiger partial charge is 0.184 e. The van der Waals surface area contributed by atoms with Gasteiger partial charge in [-0.15, -0.1) is 0 Å². The summed E-state index contributed by atoms with van der Waals surface area (Å²) in [5, 5.41) is 14.9. The molecule has 8 heteroatoms. The van der Waals surface area contributed by atoms with Crippen LogP contribution in [0.4, 0.5) is 5.13 Å². The first-order valence-corrected chi connectivity index (χ1v) is 11.9. The van der Waals surface area contributed by atoms with Crippen molar-refractivity contribution in [3.05, 3.63) is 77.6 Å². The molecule has 0 spiro atoms. The minimum Gasteiger partial charge on any atom is -0.493 e. The number of methoxy groups -OCH3 is 2. The van der Waals surface area contributed by atoms with Crippen molar-refractivity contribution < 1.29 is 14.6 Å². The zero-order chi connectivity index (χ0) is 23.2. The number of nitrogens with zero attached hydrogens (tertiary/aromatic N) is 3. The van der Waals surface area contributed by atoms with Crippen LogP contribution in [0, 0.1) is 0 Å². The van der Waals surface area contributed by atoms with Gasteiger partial charge in [0.25, 0.3) is 0 Å². The number of aromatic nitrogens is 3. The van der Waals surface area contributed by atoms with E-state index in [9.17, 15) is 5.11 Å². The Morgan fingerprint density at radius 2 is 1.88 bits per heavy atom. The first-order valence-electron chi connectivity index (χ1n) is 11.1. The predicted molar refractivity (Wildman–Crippen MR) is 134 cm³/mol. The maximum absolute atomic E-state index is 10.6. The van der Waals surface area contributed by atoms with Crippen LogP contribution in [0.25, 0.3) is 21.3 Å². The summed E-state index contributed by atoms with van der Waals surface area (Å²) >= 11 is 1.61. The van der Waals surface area contributed by atoms with Gasteiger partial charge in [-0.05, 0) is 28.8 Å². The fraction of sp³-hybridized carbons (Fsp3) is 0.231. The number of fused-ring (bicyclic) bond motifs is 3. The molecule has 0 bridgehead atoms. The van der Waals surface area contributed by atoms with Gasteiger partial charge in [0.1, 0.15) is 0 Å². The molecule has 34 heavy (non-hydrogen) atoms. The number of benzene rings is 3. The summed E-state index contributed by atoms with van der Waals surface area (Å²) in [4.78, 5) is 9.29. The summed E-state index contributed by atoms with van der Waals surface area (Å²) in [6, 6.07) is 18.2. The maximum atomic E-state index is 10.6. The van der Waals surface area contributed by atoms with E-state index < -0.39 is 6.10 Å². The fourth-order valence-corrected chi connectivity index (χ4v) is 5.68. The molecule has 1 aliphatic carbocycles. The van der Waals surface area contributed by atoms with Crippen molar-refractivity contribution in [3.8, 4) is 11.5 Å². The highest BCUT2D eigenvalue weighted by Gasteiger charge is 2.31. The SMILES string of the molecule is COc1cc2ncn(Cc3ccc4nc(NC5c6ccccc6CC5O)sc4c3)c2cc1OC. The summed E-state index contributed by atoms with van der Waals surface area (Å²) in [5.41, 5.74) is 6.28. The van der Waals surface area contributed by atoms with E-state index in [0.717, 1.165) is 37.5 Å². The van der Waals surface area contributed by atoms with Crippen molar-refractivity contribution in [2.24, 2.45) is 0 Å². The van der Waals surface area contributed by atoms with Crippen LogP contribution >= 0.6 is 11.3 Å². The van der Waals surface area contributed by atoms with Gasteiger partial charge in [0.2, 0.25) is 0 Å². The van der Waals surface area contributed by atoms with E-state index in [1.54, 1.807) is 25.6 Å². The van der Waals surface area contributed by atoms with Crippen LogP contribution in [0.5, 0.6) is 11.5 Å². The average Bonchev–Trinajstić information content (AvgIpc) is 3.53. The molecule has 2 heterocycles. The molecule has 2 N–H and O–H groups in total. The van der Waals surface area contributed by atoms with Gasteiger partial charge in [0.15, 0.2) is 16.6 Å². The van der Waals surface area contributed by atoms with Gasteiger partial charge in [0, 0.05) is 25.1 Å². The molecule has 0 saturated heterocycles. The van der Waals surface area contributed by atoms with Gasteiger partial charge in [-0.2, -0.15) is 0 Å². The van der Waals surface area contributed by atoms with E-state index in [4.69, 9.17) is 14.5 Å². The number of aliphatic hydroxyl groups excluding tert-OH is 1. The van der Waals surface area contributed by atoms with Gasteiger partial charge in [-0.25, -0.2) is 9.97 Å². The summed E-state index contributed by atoms with van der Waals surface area (Å²) in [6.45, 7) is 0.678. The second-order valence-corrected chi connectivity index (χ2v) is 9.51. The Morgan fingerprint density at radius 1 is 1.06 bits per heavy atom. The van der Waals surface area contributed by atoms with E-state index in [0.29, 0.717) is 24.5 Å². The van der Waals surface area contributed by atoms with Crippen LogP contribution in [-0.2, 0) is 13.0 Å². The summed E-state index contributed by atoms with van der Waals surface area (Å²) in [6.07, 6.45) is 2.05. The van der Waals surface area contributed by atoms with Crippen LogP contribution in [0.15, 0.2) is 60.9 Å². The molecule has 7 nitrogen and oxygen atoms in total. The van der Waals surface area contributed by atoms with Crippen molar-refractivity contribution in [3.63, 3.8) is 0 Å². The Hall–Kier alpha value is -3.62. The number of hydrogen-bond donors (Lipinski definition) is 2. The quantitative estimate of drug-likeness (QED) is 0.370. The zero-order valence-electron chi connectivity index (χ0n) is 18.9. The third-order valence-corrected chi connectivity index (χ3v) is 7.36. The third-order valence-electron chi connectivity index (χ3n) is 6.42. The minimum atomic E-state index is -0.454. The van der Waals surface area contributed by atoms with Crippen molar-refractivity contribution in [1.82, 2.24) is 14.5 Å². The van der Waals surface area contributed by atoms with E-state index in [2.05, 4.69) is 39.1 Å². The van der Waals surface area contributed by atoms with Gasteiger partial charge in [-0.1, -0.05) is 41.7 Å². The molecule has 2 unspecified atom stereocenters. The Labute approximate surface area is 200 Å². The highest BCUT2D eigenvalue weighted by Crippen LogP contribution is 2.37. The number of aliphatic hydroxyl groups is 1. The monoisotopic (exact) mass is 472 g/mol. The predicted octanol–water partition coefficient (Wildman–Crippen LogP) is 4.78. The first-order chi connectivity index (χ1) is 16.6. The molecule has 172 valence electrons. The van der Waals surface area contributed by atoms with E-state index in [-0.39, 0.29) is 6.04 Å². The number of imidazole rings is 1. The van der Waals surface area contributed by atoms with Crippen LogP contribution in [0.3, 0.4) is 0 Å². The molecule has 1 aliphatic rings. The Morgan fingerprint density at radius 3 is 2.74 bits per heavy atom. The van der Waals surface area contributed by atoms with E-state index >= 15 is 0 Å². The molecule has 0 radical (unpaired) electrons. The third kappa shape index (κ3) is 3.55. The number of nitrogens with one attached hydrogen (secondary N) is 1. The van der Waals surface area contributed by atoms with Crippen LogP contribution in [0.1, 0.15) is 22.7 Å². The van der Waals surface area contributed by atoms with Crippen LogP contribution < -0.4 is 14.8 Å². The second-order valence-electron chi connectivity index (χ2n) is 8.48. The van der Waals surface area contributed by atoms with Gasteiger partial charge < -0.3 is 24.5 Å². The first kappa shape index (κ1) is 20.9. The summed E-state index contributed by atoms with van der Waals surface area (Å²) in [5.74, 6) is 1.35. The molecular weight excluding hydrogens is 448 g/mol. The van der Waals surface area contributed by atoms with Gasteiger partial charge >= 0.3 is 0 Å². The van der Waals surface area contributed by atoms with E-state index in [1.807, 2.05) is 36.7 Å². The number of hydrogen-bond acceptors (Lipinski definition) is 7. The summed E-state index contributed by atoms with van der Waals surface area (Å²) in [7, 11) is 3.26. The van der Waals surface area contributed by atoms with Crippen LogP contribution in [-0.4, -0.2) is 40.0 Å². The molecule has 2 aromatic heterocycles. The highest BCUT2D eigenvalue weighted by molar-refractivity contribution is 7.22. The highest BCUT2D eigenvalue weighted by atomic mass is 32.1. The molecule has 0 saturated carbocycles. The van der Waals surface area contributed by atoms with Gasteiger partial charge in [0.05, 0.1) is 53.9 Å². The average molecular weight is 473 g/mol. The normalized spacial score (nSPS) is 17.3. The summed E-state index contributed by atoms with van der Waals surface area (Å²) < 4.78 is 14.1.